The lowest BCUT2D eigenvalue weighted by Crippen LogP contribution is -2.12. The summed E-state index contributed by atoms with van der Waals surface area (Å²) in [6.07, 6.45) is 0. The first kappa shape index (κ1) is 15.7. The lowest BCUT2D eigenvalue weighted by molar-refractivity contribution is 0.305. The summed E-state index contributed by atoms with van der Waals surface area (Å²) in [5, 5.41) is 3.88. The summed E-state index contributed by atoms with van der Waals surface area (Å²) in [7, 11) is 3.57. The molecule has 2 aromatic carbocycles. The molecule has 0 bridgehead atoms. The van der Waals surface area contributed by atoms with Gasteiger partial charge in [0.1, 0.15) is 18.1 Å². The van der Waals surface area contributed by atoms with Gasteiger partial charge in [-0.2, -0.15) is 0 Å². The molecule has 3 nitrogen and oxygen atoms in total. The summed E-state index contributed by atoms with van der Waals surface area (Å²) in [5.74, 6) is 1.59. The Labute approximate surface area is 130 Å². The van der Waals surface area contributed by atoms with Crippen molar-refractivity contribution in [3.05, 3.63) is 58.6 Å². The van der Waals surface area contributed by atoms with Crippen LogP contribution in [-0.4, -0.2) is 14.2 Å². The molecule has 1 atom stereocenters. The molecule has 2 aromatic rings. The molecular weight excluding hydrogens is 286 g/mol. The number of hydrogen-bond acceptors (Lipinski definition) is 3. The number of ether oxygens (including phenoxy) is 2. The van der Waals surface area contributed by atoms with Gasteiger partial charge in [-0.1, -0.05) is 29.8 Å². The topological polar surface area (TPSA) is 30.5 Å². The van der Waals surface area contributed by atoms with Crippen LogP contribution in [0.15, 0.2) is 42.5 Å². The van der Waals surface area contributed by atoms with Crippen LogP contribution in [0.2, 0.25) is 5.02 Å². The summed E-state index contributed by atoms with van der Waals surface area (Å²) >= 11 is 6.29. The normalized spacial score (nSPS) is 12.0. The Morgan fingerprint density at radius 1 is 1.14 bits per heavy atom. The van der Waals surface area contributed by atoms with Crippen molar-refractivity contribution >= 4 is 11.6 Å². The molecule has 0 spiro atoms. The van der Waals surface area contributed by atoms with Crippen molar-refractivity contribution in [2.75, 3.05) is 14.2 Å². The van der Waals surface area contributed by atoms with E-state index in [9.17, 15) is 0 Å². The molecule has 0 fully saturated rings. The molecule has 0 aliphatic rings. The summed E-state index contributed by atoms with van der Waals surface area (Å²) in [4.78, 5) is 0. The highest BCUT2D eigenvalue weighted by molar-refractivity contribution is 6.31. The predicted molar refractivity (Wildman–Crippen MR) is 86.3 cm³/mol. The number of rotatable bonds is 6. The van der Waals surface area contributed by atoms with Gasteiger partial charge in [0.25, 0.3) is 0 Å². The van der Waals surface area contributed by atoms with Crippen LogP contribution in [0.5, 0.6) is 11.5 Å². The average Bonchev–Trinajstić information content (AvgIpc) is 2.52. The monoisotopic (exact) mass is 305 g/mol. The minimum Gasteiger partial charge on any atom is -0.497 e. The first-order chi connectivity index (χ1) is 10.1. The Balaban J connectivity index is 2.05. The van der Waals surface area contributed by atoms with Crippen LogP contribution in [0.25, 0.3) is 0 Å². The largest absolute Gasteiger partial charge is 0.497 e. The molecule has 0 radical (unpaired) electrons. The second-order valence-electron chi connectivity index (χ2n) is 4.83. The van der Waals surface area contributed by atoms with Crippen LogP contribution in [0.4, 0.5) is 0 Å². The van der Waals surface area contributed by atoms with E-state index in [-0.39, 0.29) is 6.04 Å². The third kappa shape index (κ3) is 4.13. The smallest absolute Gasteiger partial charge is 0.121 e. The van der Waals surface area contributed by atoms with Gasteiger partial charge in [-0.05, 0) is 49.4 Å². The summed E-state index contributed by atoms with van der Waals surface area (Å²) in [6, 6.07) is 13.8. The minimum absolute atomic E-state index is 0.213. The third-order valence-electron chi connectivity index (χ3n) is 3.41. The van der Waals surface area contributed by atoms with Crippen molar-refractivity contribution in [2.45, 2.75) is 19.6 Å². The zero-order valence-corrected chi connectivity index (χ0v) is 13.3. The van der Waals surface area contributed by atoms with E-state index in [1.54, 1.807) is 7.11 Å². The minimum atomic E-state index is 0.213. The molecule has 0 heterocycles. The van der Waals surface area contributed by atoms with E-state index >= 15 is 0 Å². The maximum Gasteiger partial charge on any atom is 0.121 e. The first-order valence-electron chi connectivity index (χ1n) is 6.86. The van der Waals surface area contributed by atoms with E-state index in [2.05, 4.69) is 12.2 Å². The second-order valence-corrected chi connectivity index (χ2v) is 5.24. The Morgan fingerprint density at radius 3 is 2.62 bits per heavy atom. The highest BCUT2D eigenvalue weighted by Gasteiger charge is 2.08. The third-order valence-corrected chi connectivity index (χ3v) is 3.74. The molecule has 2 rings (SSSR count). The van der Waals surface area contributed by atoms with Crippen molar-refractivity contribution in [1.82, 2.24) is 5.32 Å². The van der Waals surface area contributed by atoms with Gasteiger partial charge in [-0.25, -0.2) is 0 Å². The average molecular weight is 306 g/mol. The molecule has 4 heteroatoms. The molecule has 0 amide bonds. The zero-order chi connectivity index (χ0) is 15.2. The summed E-state index contributed by atoms with van der Waals surface area (Å²) in [5.41, 5.74) is 2.12. The van der Waals surface area contributed by atoms with E-state index in [1.807, 2.05) is 49.5 Å². The van der Waals surface area contributed by atoms with Crippen LogP contribution in [0.1, 0.15) is 24.1 Å². The van der Waals surface area contributed by atoms with Crippen molar-refractivity contribution in [3.8, 4) is 11.5 Å². The van der Waals surface area contributed by atoms with Crippen LogP contribution in [0, 0.1) is 0 Å². The first-order valence-corrected chi connectivity index (χ1v) is 7.24. The summed E-state index contributed by atoms with van der Waals surface area (Å²) in [6.45, 7) is 2.55. The number of halogens is 1. The van der Waals surface area contributed by atoms with Gasteiger partial charge in [0.2, 0.25) is 0 Å². The van der Waals surface area contributed by atoms with Crippen molar-refractivity contribution in [2.24, 2.45) is 0 Å². The molecule has 0 aliphatic heterocycles. The van der Waals surface area contributed by atoms with E-state index in [0.717, 1.165) is 22.6 Å². The van der Waals surface area contributed by atoms with Crippen molar-refractivity contribution < 1.29 is 9.47 Å². The van der Waals surface area contributed by atoms with E-state index in [0.29, 0.717) is 11.6 Å². The lowest BCUT2D eigenvalue weighted by Gasteiger charge is -2.14. The van der Waals surface area contributed by atoms with Gasteiger partial charge >= 0.3 is 0 Å². The van der Waals surface area contributed by atoms with Gasteiger partial charge < -0.3 is 14.8 Å². The second kappa shape index (κ2) is 7.34. The lowest BCUT2D eigenvalue weighted by atomic mass is 10.1. The Bertz CT molecular complexity index is 601. The van der Waals surface area contributed by atoms with Gasteiger partial charge in [-0.15, -0.1) is 0 Å². The molecule has 1 N–H and O–H groups in total. The Hall–Kier alpha value is -1.71. The highest BCUT2D eigenvalue weighted by atomic mass is 35.5. The Kier molecular flexibility index (Phi) is 5.48. The standard InChI is InChI=1S/C17H20ClNO2/c1-12(19-2)16-8-7-15(10-17(16)18)21-11-13-5-4-6-14(9-13)20-3/h4-10,12,19H,11H2,1-3H3. The fourth-order valence-corrected chi connectivity index (χ4v) is 2.37. The molecule has 1 unspecified atom stereocenters. The van der Waals surface area contributed by atoms with Gasteiger partial charge in [-0.3, -0.25) is 0 Å². The van der Waals surface area contributed by atoms with Gasteiger partial charge in [0, 0.05) is 11.1 Å². The van der Waals surface area contributed by atoms with E-state index < -0.39 is 0 Å². The molecule has 21 heavy (non-hydrogen) atoms. The van der Waals surface area contributed by atoms with Crippen LogP contribution >= 0.6 is 11.6 Å². The molecule has 0 aromatic heterocycles. The summed E-state index contributed by atoms with van der Waals surface area (Å²) < 4.78 is 11.0. The zero-order valence-electron chi connectivity index (χ0n) is 12.5. The maximum atomic E-state index is 6.29. The van der Waals surface area contributed by atoms with E-state index in [4.69, 9.17) is 21.1 Å². The molecule has 0 aliphatic carbocycles. The van der Waals surface area contributed by atoms with E-state index in [1.165, 1.54) is 0 Å². The van der Waals surface area contributed by atoms with Gasteiger partial charge in [0.15, 0.2) is 0 Å². The number of benzene rings is 2. The van der Waals surface area contributed by atoms with Crippen molar-refractivity contribution in [1.29, 1.82) is 0 Å². The van der Waals surface area contributed by atoms with Crippen molar-refractivity contribution in [3.63, 3.8) is 0 Å². The van der Waals surface area contributed by atoms with Crippen LogP contribution in [-0.2, 0) is 6.61 Å². The van der Waals surface area contributed by atoms with Gasteiger partial charge in [0.05, 0.1) is 7.11 Å². The number of hydrogen-bond donors (Lipinski definition) is 1. The quantitative estimate of drug-likeness (QED) is 0.867. The fraction of sp³-hybridized carbons (Fsp3) is 0.294. The SMILES string of the molecule is CNC(C)c1ccc(OCc2cccc(OC)c2)cc1Cl. The van der Waals surface area contributed by atoms with Crippen LogP contribution in [0.3, 0.4) is 0 Å². The molecule has 0 saturated heterocycles. The van der Waals surface area contributed by atoms with Crippen LogP contribution < -0.4 is 14.8 Å². The number of nitrogens with one attached hydrogen (secondary N) is 1. The molecule has 0 saturated carbocycles. The Morgan fingerprint density at radius 2 is 1.95 bits per heavy atom. The highest BCUT2D eigenvalue weighted by Crippen LogP contribution is 2.27. The molecule has 112 valence electrons. The predicted octanol–water partition coefficient (Wildman–Crippen LogP) is 4.21. The fourth-order valence-electron chi connectivity index (χ4n) is 2.03. The number of methoxy groups -OCH3 is 1. The maximum absolute atomic E-state index is 6.29. The molecular formula is C17H20ClNO2.